The molecule has 98 valence electrons. The van der Waals surface area contributed by atoms with Crippen LogP contribution < -0.4 is 0 Å². The minimum absolute atomic E-state index is 0.253. The molecule has 2 aliphatic carbocycles. The topological polar surface area (TPSA) is 20.2 Å². The Morgan fingerprint density at radius 1 is 1.29 bits per heavy atom. The van der Waals surface area contributed by atoms with Crippen molar-refractivity contribution in [3.63, 3.8) is 0 Å². The van der Waals surface area contributed by atoms with Gasteiger partial charge in [-0.2, -0.15) is 0 Å². The lowest BCUT2D eigenvalue weighted by molar-refractivity contribution is 0.00689. The monoisotopic (exact) mass is 236 g/mol. The van der Waals surface area contributed by atoms with Crippen molar-refractivity contribution >= 4 is 0 Å². The van der Waals surface area contributed by atoms with E-state index >= 15 is 0 Å². The van der Waals surface area contributed by atoms with Gasteiger partial charge in [0.1, 0.15) is 0 Å². The van der Waals surface area contributed by atoms with E-state index in [1.165, 1.54) is 37.7 Å². The standard InChI is InChI=1S/C16H28O/c1-11(10-17)14-8-7-13-6-5-12(2)16(3,4)15(13)9-14/h12-13,15,17H,5-10H2,1-4H3/b14-11-. The zero-order chi connectivity index (χ0) is 12.6. The van der Waals surface area contributed by atoms with Gasteiger partial charge in [0.05, 0.1) is 6.61 Å². The lowest BCUT2D eigenvalue weighted by atomic mass is 9.54. The molecule has 0 aromatic carbocycles. The smallest absolute Gasteiger partial charge is 0.0641 e. The molecule has 0 aromatic rings. The first-order valence-corrected chi connectivity index (χ1v) is 7.25. The highest BCUT2D eigenvalue weighted by molar-refractivity contribution is 5.17. The zero-order valence-electron chi connectivity index (χ0n) is 11.9. The van der Waals surface area contributed by atoms with Crippen LogP contribution in [-0.4, -0.2) is 11.7 Å². The summed E-state index contributed by atoms with van der Waals surface area (Å²) < 4.78 is 0. The van der Waals surface area contributed by atoms with Crippen LogP contribution in [0.25, 0.3) is 0 Å². The van der Waals surface area contributed by atoms with Crippen molar-refractivity contribution in [3.8, 4) is 0 Å². The molecule has 1 N–H and O–H groups in total. The molecule has 3 atom stereocenters. The Bertz CT molecular complexity index is 313. The van der Waals surface area contributed by atoms with Gasteiger partial charge in [-0.15, -0.1) is 0 Å². The Morgan fingerprint density at radius 3 is 2.65 bits per heavy atom. The molecule has 0 radical (unpaired) electrons. The summed E-state index contributed by atoms with van der Waals surface area (Å²) in [6.45, 7) is 9.71. The molecule has 1 heteroatoms. The normalized spacial score (nSPS) is 39.7. The predicted octanol–water partition coefficient (Wildman–Crippen LogP) is 4.17. The van der Waals surface area contributed by atoms with Gasteiger partial charge in [-0.3, -0.25) is 0 Å². The highest BCUT2D eigenvalue weighted by Gasteiger charge is 2.44. The maximum atomic E-state index is 9.31. The van der Waals surface area contributed by atoms with Gasteiger partial charge in [-0.1, -0.05) is 26.3 Å². The first-order chi connectivity index (χ1) is 7.96. The maximum absolute atomic E-state index is 9.31. The molecule has 2 aliphatic rings. The lowest BCUT2D eigenvalue weighted by Gasteiger charge is -2.51. The van der Waals surface area contributed by atoms with Crippen LogP contribution in [0.3, 0.4) is 0 Å². The average Bonchev–Trinajstić information content (AvgIpc) is 2.33. The Kier molecular flexibility index (Phi) is 3.68. The molecular formula is C16H28O. The fraction of sp³-hybridized carbons (Fsp3) is 0.875. The molecule has 0 aromatic heterocycles. The van der Waals surface area contributed by atoms with Crippen molar-refractivity contribution in [2.24, 2.45) is 23.2 Å². The van der Waals surface area contributed by atoms with E-state index in [2.05, 4.69) is 27.7 Å². The molecular weight excluding hydrogens is 208 g/mol. The van der Waals surface area contributed by atoms with Gasteiger partial charge < -0.3 is 5.11 Å². The number of fused-ring (bicyclic) bond motifs is 1. The van der Waals surface area contributed by atoms with Gasteiger partial charge in [0.2, 0.25) is 0 Å². The Morgan fingerprint density at radius 2 is 2.00 bits per heavy atom. The van der Waals surface area contributed by atoms with Gasteiger partial charge in [0.15, 0.2) is 0 Å². The highest BCUT2D eigenvalue weighted by atomic mass is 16.3. The van der Waals surface area contributed by atoms with Crippen molar-refractivity contribution in [1.82, 2.24) is 0 Å². The van der Waals surface area contributed by atoms with E-state index in [-0.39, 0.29) is 6.61 Å². The van der Waals surface area contributed by atoms with Crippen LogP contribution in [-0.2, 0) is 0 Å². The molecule has 2 fully saturated rings. The summed E-state index contributed by atoms with van der Waals surface area (Å²) in [6, 6.07) is 0. The van der Waals surface area contributed by atoms with Crippen LogP contribution in [0.15, 0.2) is 11.1 Å². The van der Waals surface area contributed by atoms with E-state index in [4.69, 9.17) is 0 Å². The first kappa shape index (κ1) is 13.1. The van der Waals surface area contributed by atoms with E-state index in [0.717, 1.165) is 17.8 Å². The molecule has 0 heterocycles. The van der Waals surface area contributed by atoms with Gasteiger partial charge in [0.25, 0.3) is 0 Å². The van der Waals surface area contributed by atoms with E-state index in [9.17, 15) is 5.11 Å². The fourth-order valence-corrected chi connectivity index (χ4v) is 4.01. The van der Waals surface area contributed by atoms with Crippen LogP contribution >= 0.6 is 0 Å². The first-order valence-electron chi connectivity index (χ1n) is 7.25. The van der Waals surface area contributed by atoms with Crippen LogP contribution in [0.4, 0.5) is 0 Å². The molecule has 0 saturated heterocycles. The second kappa shape index (κ2) is 4.76. The van der Waals surface area contributed by atoms with Gasteiger partial charge in [-0.25, -0.2) is 0 Å². The summed E-state index contributed by atoms with van der Waals surface area (Å²) in [7, 11) is 0. The molecule has 1 nitrogen and oxygen atoms in total. The highest BCUT2D eigenvalue weighted by Crippen LogP contribution is 2.54. The van der Waals surface area contributed by atoms with Crippen LogP contribution in [0.2, 0.25) is 0 Å². The fourth-order valence-electron chi connectivity index (χ4n) is 4.01. The van der Waals surface area contributed by atoms with E-state index in [0.29, 0.717) is 5.41 Å². The minimum Gasteiger partial charge on any atom is -0.392 e. The SMILES string of the molecule is C/C(CO)=C1\CCC2CCC(C)C(C)(C)C2C1. The van der Waals surface area contributed by atoms with Crippen molar-refractivity contribution in [3.05, 3.63) is 11.1 Å². The van der Waals surface area contributed by atoms with Crippen LogP contribution in [0.5, 0.6) is 0 Å². The average molecular weight is 236 g/mol. The summed E-state index contributed by atoms with van der Waals surface area (Å²) in [5.74, 6) is 2.63. The Hall–Kier alpha value is -0.300. The van der Waals surface area contributed by atoms with Crippen molar-refractivity contribution in [2.45, 2.75) is 59.8 Å². The van der Waals surface area contributed by atoms with E-state index in [1.807, 2.05) is 0 Å². The van der Waals surface area contributed by atoms with E-state index < -0.39 is 0 Å². The Labute approximate surface area is 106 Å². The third-order valence-electron chi connectivity index (χ3n) is 5.89. The van der Waals surface area contributed by atoms with Crippen molar-refractivity contribution < 1.29 is 5.11 Å². The summed E-state index contributed by atoms with van der Waals surface area (Å²) in [6.07, 6.45) is 6.67. The molecule has 0 aliphatic heterocycles. The number of hydrogen-bond acceptors (Lipinski definition) is 1. The molecule has 2 saturated carbocycles. The molecule has 3 unspecified atom stereocenters. The number of hydrogen-bond donors (Lipinski definition) is 1. The van der Waals surface area contributed by atoms with Gasteiger partial charge in [0, 0.05) is 0 Å². The van der Waals surface area contributed by atoms with E-state index in [1.54, 1.807) is 5.57 Å². The Balaban J connectivity index is 2.20. The van der Waals surface area contributed by atoms with Crippen molar-refractivity contribution in [1.29, 1.82) is 0 Å². The summed E-state index contributed by atoms with van der Waals surface area (Å²) >= 11 is 0. The minimum atomic E-state index is 0.253. The largest absolute Gasteiger partial charge is 0.392 e. The van der Waals surface area contributed by atoms with Crippen LogP contribution in [0, 0.1) is 23.2 Å². The molecule has 2 rings (SSSR count). The number of aliphatic hydroxyl groups is 1. The predicted molar refractivity (Wildman–Crippen MR) is 72.8 cm³/mol. The molecule has 0 amide bonds. The van der Waals surface area contributed by atoms with Crippen LogP contribution in [0.1, 0.15) is 59.8 Å². The maximum Gasteiger partial charge on any atom is 0.0641 e. The molecule has 0 spiro atoms. The number of aliphatic hydroxyl groups excluding tert-OH is 1. The molecule has 17 heavy (non-hydrogen) atoms. The lowest BCUT2D eigenvalue weighted by Crippen LogP contribution is -2.42. The van der Waals surface area contributed by atoms with Gasteiger partial charge in [-0.05, 0) is 67.8 Å². The summed E-state index contributed by atoms with van der Waals surface area (Å²) in [5, 5.41) is 9.31. The summed E-state index contributed by atoms with van der Waals surface area (Å²) in [5.41, 5.74) is 3.26. The second-order valence-corrected chi connectivity index (χ2v) is 6.95. The molecule has 0 bridgehead atoms. The number of rotatable bonds is 1. The summed E-state index contributed by atoms with van der Waals surface area (Å²) in [4.78, 5) is 0. The number of allylic oxidation sites excluding steroid dienone is 1. The van der Waals surface area contributed by atoms with Gasteiger partial charge >= 0.3 is 0 Å². The second-order valence-electron chi connectivity index (χ2n) is 6.95. The third-order valence-corrected chi connectivity index (χ3v) is 5.89. The van der Waals surface area contributed by atoms with Crippen molar-refractivity contribution in [2.75, 3.05) is 6.61 Å². The quantitative estimate of drug-likeness (QED) is 0.678. The third kappa shape index (κ3) is 2.31. The zero-order valence-corrected chi connectivity index (χ0v) is 11.9.